The van der Waals surface area contributed by atoms with Gasteiger partial charge in [-0.3, -0.25) is 4.79 Å². The number of fused-ring (bicyclic) bond motifs is 7. The van der Waals surface area contributed by atoms with E-state index in [0.717, 1.165) is 18.4 Å². The number of carbonyl (C=O) groups is 4. The first-order chi connectivity index (χ1) is 34.5. The fourth-order valence-corrected chi connectivity index (χ4v) is 15.5. The number of aliphatic hydroxyl groups is 7. The molecule has 12 unspecified atom stereocenters. The van der Waals surface area contributed by atoms with Crippen LogP contribution in [0.3, 0.4) is 0 Å². The Labute approximate surface area is 434 Å². The zero-order chi connectivity index (χ0) is 55.0. The fourth-order valence-electron chi connectivity index (χ4n) is 15.5. The van der Waals surface area contributed by atoms with Crippen molar-refractivity contribution in [1.82, 2.24) is 0 Å². The lowest BCUT2D eigenvalue weighted by Crippen LogP contribution is -2.73. The Bertz CT molecular complexity index is 2220. The molecule has 0 spiro atoms. The van der Waals surface area contributed by atoms with Crippen molar-refractivity contribution in [2.24, 2.45) is 50.2 Å². The van der Waals surface area contributed by atoms with Gasteiger partial charge in [0.2, 0.25) is 0 Å². The van der Waals surface area contributed by atoms with Gasteiger partial charge in [-0.15, -0.1) is 0 Å². The highest BCUT2D eigenvalue weighted by Crippen LogP contribution is 2.76. The summed E-state index contributed by atoms with van der Waals surface area (Å²) >= 11 is 0. The lowest BCUT2D eigenvalue weighted by atomic mass is 9.33. The summed E-state index contributed by atoms with van der Waals surface area (Å²) < 4.78 is 42.8. The Balaban J connectivity index is 1.21. The molecule has 418 valence electrons. The van der Waals surface area contributed by atoms with E-state index in [-0.39, 0.29) is 34.8 Å². The molecule has 6 fully saturated rings. The monoisotopic (exact) mass is 1050 g/mol. The number of aliphatic hydroxyl groups excluding tert-OH is 7. The first kappa shape index (κ1) is 58.3. The standard InChI is InChI=1S/C55H84O19/c1-13-26(4)46(66)71-40-39(63)41(72-47(67)27(5)14-2)49(73-42(40)45(64)65)70-35-19-20-52(10)32(51(35,9)15-3)18-21-53(11)33(52)17-16-29-30-22-50(7,8)43(74-48-38(62)37(61)36(60)31(24-56)69-48)44(68-28(6)58)55(30,25-57)34(59)23-54(29,53)12/h13-14,16,30-44,48-49,56-57,59-63H,15,17-25H2,1-12H3,(H,64,65)/t30?,31?,32?,33-,34-,35+,36?,37?,38?,39?,40?,41?,42?,43+,44+,48?,49?,51-,52+,53-,54-,55+/m1/s1. The molecule has 4 saturated carbocycles. The van der Waals surface area contributed by atoms with Gasteiger partial charge < -0.3 is 74.0 Å². The fraction of sp³-hybridized carbons (Fsp3) is 0.818. The number of rotatable bonds is 13. The van der Waals surface area contributed by atoms with Crippen LogP contribution in [0.4, 0.5) is 0 Å². The van der Waals surface area contributed by atoms with Gasteiger partial charge in [0.15, 0.2) is 30.9 Å². The number of aliphatic carboxylic acids is 1. The Kier molecular flexibility index (Phi) is 16.7. The predicted molar refractivity (Wildman–Crippen MR) is 263 cm³/mol. The minimum absolute atomic E-state index is 0.0373. The molecule has 74 heavy (non-hydrogen) atoms. The highest BCUT2D eigenvalue weighted by molar-refractivity contribution is 5.89. The van der Waals surface area contributed by atoms with E-state index in [4.69, 9.17) is 33.2 Å². The summed E-state index contributed by atoms with van der Waals surface area (Å²) in [6.07, 6.45) is -10.9. The number of hydrogen-bond acceptors (Lipinski definition) is 18. The van der Waals surface area contributed by atoms with Crippen LogP contribution in [0.2, 0.25) is 0 Å². The molecular formula is C55H84O19. The predicted octanol–water partition coefficient (Wildman–Crippen LogP) is 3.79. The van der Waals surface area contributed by atoms with Crippen molar-refractivity contribution in [2.45, 2.75) is 220 Å². The molecule has 7 rings (SSSR count). The average molecular weight is 1050 g/mol. The van der Waals surface area contributed by atoms with Crippen LogP contribution in [0.5, 0.6) is 0 Å². The number of hydrogen-bond donors (Lipinski definition) is 8. The smallest absolute Gasteiger partial charge is 0.336 e. The van der Waals surface area contributed by atoms with Crippen LogP contribution in [-0.2, 0) is 52.3 Å². The van der Waals surface area contributed by atoms with Gasteiger partial charge in [-0.25, -0.2) is 14.4 Å². The number of esters is 3. The largest absolute Gasteiger partial charge is 0.479 e. The minimum Gasteiger partial charge on any atom is -0.479 e. The Morgan fingerprint density at radius 1 is 0.730 bits per heavy atom. The lowest BCUT2D eigenvalue weighted by Gasteiger charge is -2.73. The van der Waals surface area contributed by atoms with Gasteiger partial charge in [0.1, 0.15) is 42.7 Å². The summed E-state index contributed by atoms with van der Waals surface area (Å²) in [5, 5.41) is 89.1. The van der Waals surface area contributed by atoms with E-state index in [1.54, 1.807) is 13.8 Å². The van der Waals surface area contributed by atoms with E-state index in [1.807, 2.05) is 13.8 Å². The van der Waals surface area contributed by atoms with Gasteiger partial charge in [-0.1, -0.05) is 72.3 Å². The highest BCUT2D eigenvalue weighted by atomic mass is 16.7. The second-order valence-corrected chi connectivity index (χ2v) is 24.3. The number of allylic oxidation sites excluding steroid dienone is 4. The van der Waals surface area contributed by atoms with Gasteiger partial charge in [0, 0.05) is 18.1 Å². The van der Waals surface area contributed by atoms with Crippen molar-refractivity contribution in [3.63, 3.8) is 0 Å². The maximum Gasteiger partial charge on any atom is 0.336 e. The van der Waals surface area contributed by atoms with Gasteiger partial charge in [-0.2, -0.15) is 0 Å². The third kappa shape index (κ3) is 9.22. The first-order valence-electron chi connectivity index (χ1n) is 26.6. The summed E-state index contributed by atoms with van der Waals surface area (Å²) in [5.74, 6) is -4.26. The van der Waals surface area contributed by atoms with Crippen molar-refractivity contribution < 1.29 is 93.2 Å². The molecule has 0 aromatic rings. The van der Waals surface area contributed by atoms with E-state index >= 15 is 0 Å². The van der Waals surface area contributed by atoms with Gasteiger partial charge in [0.05, 0.1) is 30.8 Å². The van der Waals surface area contributed by atoms with E-state index in [9.17, 15) is 60.0 Å². The molecule has 22 atom stereocenters. The SMILES string of the molecule is CC=C(C)C(=O)OC1C(O[C@H]2CC[C@@]3(C)C(CC[C@]4(C)[C@@H]3CC=C3C5CC(C)(C)[C@@H](OC6OC(CO)C(O)C(O)C6O)[C@H](OC(C)=O)[C@]5(CO)[C@H](O)C[C@]34C)[C@@]2(C)CC)OC(C(=O)O)C(OC(=O)C(C)=CC)C1O. The lowest BCUT2D eigenvalue weighted by molar-refractivity contribution is -0.346. The molecular weight excluding hydrogens is 965 g/mol. The summed E-state index contributed by atoms with van der Waals surface area (Å²) in [6, 6.07) is 0. The van der Waals surface area contributed by atoms with Crippen LogP contribution in [-0.4, -0.2) is 164 Å². The first-order valence-corrected chi connectivity index (χ1v) is 26.6. The van der Waals surface area contributed by atoms with Crippen LogP contribution >= 0.6 is 0 Å². The number of carbonyl (C=O) groups excluding carboxylic acids is 3. The molecule has 2 aliphatic heterocycles. The Morgan fingerprint density at radius 3 is 1.91 bits per heavy atom. The van der Waals surface area contributed by atoms with Crippen LogP contribution in [0.25, 0.3) is 0 Å². The maximum absolute atomic E-state index is 13.4. The molecule has 0 amide bonds. The summed E-state index contributed by atoms with van der Waals surface area (Å²) in [7, 11) is 0. The topological polar surface area (TPSA) is 295 Å². The molecule has 7 aliphatic rings. The van der Waals surface area contributed by atoms with Crippen molar-refractivity contribution in [3.8, 4) is 0 Å². The molecule has 19 nitrogen and oxygen atoms in total. The van der Waals surface area contributed by atoms with Crippen LogP contribution in [0.15, 0.2) is 34.9 Å². The third-order valence-electron chi connectivity index (χ3n) is 20.3. The molecule has 2 heterocycles. The minimum atomic E-state index is -1.86. The zero-order valence-corrected chi connectivity index (χ0v) is 45.2. The van der Waals surface area contributed by atoms with E-state index in [0.29, 0.717) is 32.1 Å². The molecule has 0 aromatic carbocycles. The second kappa shape index (κ2) is 21.1. The van der Waals surface area contributed by atoms with Crippen molar-refractivity contribution in [1.29, 1.82) is 0 Å². The maximum atomic E-state index is 13.4. The van der Waals surface area contributed by atoms with E-state index < -0.39 is 156 Å². The Morgan fingerprint density at radius 2 is 1.35 bits per heavy atom. The van der Waals surface area contributed by atoms with Gasteiger partial charge in [-0.05, 0) is 124 Å². The van der Waals surface area contributed by atoms with Crippen molar-refractivity contribution in [3.05, 3.63) is 34.9 Å². The molecule has 0 bridgehead atoms. The molecule has 2 saturated heterocycles. The summed E-state index contributed by atoms with van der Waals surface area (Å²) in [4.78, 5) is 52.2. The number of ether oxygens (including phenoxy) is 7. The molecule has 8 N–H and O–H groups in total. The van der Waals surface area contributed by atoms with Crippen molar-refractivity contribution in [2.75, 3.05) is 13.2 Å². The number of carboxylic acids is 1. The van der Waals surface area contributed by atoms with E-state index in [2.05, 4.69) is 40.7 Å². The van der Waals surface area contributed by atoms with Crippen molar-refractivity contribution >= 4 is 23.9 Å². The summed E-state index contributed by atoms with van der Waals surface area (Å²) in [5.41, 5.74) is -2.83. The van der Waals surface area contributed by atoms with Gasteiger partial charge in [0.25, 0.3) is 0 Å². The third-order valence-corrected chi connectivity index (χ3v) is 20.3. The Hall–Kier alpha value is -3.34. The van der Waals surface area contributed by atoms with Crippen LogP contribution in [0.1, 0.15) is 134 Å². The quantitative estimate of drug-likeness (QED) is 0.0428. The van der Waals surface area contributed by atoms with E-state index in [1.165, 1.54) is 32.9 Å². The molecule has 0 aromatic heterocycles. The zero-order valence-electron chi connectivity index (χ0n) is 45.2. The van der Waals surface area contributed by atoms with Gasteiger partial charge >= 0.3 is 23.9 Å². The normalized spacial score (nSPS) is 47.1. The molecule has 19 heteroatoms. The van der Waals surface area contributed by atoms with Crippen LogP contribution < -0.4 is 0 Å². The average Bonchev–Trinajstić information content (AvgIpc) is 3.34. The highest BCUT2D eigenvalue weighted by Gasteiger charge is 2.74. The molecule has 5 aliphatic carbocycles. The molecule has 0 radical (unpaired) electrons. The van der Waals surface area contributed by atoms with Crippen LogP contribution in [0, 0.1) is 50.2 Å². The second-order valence-electron chi connectivity index (χ2n) is 24.3. The summed E-state index contributed by atoms with van der Waals surface area (Å²) in [6.45, 7) is 21.2. The number of carboxylic acid groups (broad SMARTS) is 1.